The number of benzene rings is 1. The van der Waals surface area contributed by atoms with Crippen molar-refractivity contribution in [2.24, 2.45) is 5.92 Å². The van der Waals surface area contributed by atoms with Crippen LogP contribution in [0.2, 0.25) is 0 Å². The van der Waals surface area contributed by atoms with Crippen molar-refractivity contribution in [2.45, 2.75) is 13.0 Å². The first-order chi connectivity index (χ1) is 9.22. The van der Waals surface area contributed by atoms with E-state index in [4.69, 9.17) is 0 Å². The molecule has 2 aromatic rings. The number of amides is 2. The summed E-state index contributed by atoms with van der Waals surface area (Å²) >= 11 is 1.57. The summed E-state index contributed by atoms with van der Waals surface area (Å²) in [6.07, 6.45) is 0.283. The number of aromatic nitrogens is 1. The monoisotopic (exact) mass is 275 g/mol. The van der Waals surface area contributed by atoms with E-state index in [0.29, 0.717) is 13.1 Å². The van der Waals surface area contributed by atoms with Crippen molar-refractivity contribution in [2.75, 3.05) is 6.54 Å². The van der Waals surface area contributed by atoms with Gasteiger partial charge in [0.25, 0.3) is 0 Å². The molecule has 2 heterocycles. The van der Waals surface area contributed by atoms with Crippen LogP contribution < -0.4 is 10.6 Å². The van der Waals surface area contributed by atoms with E-state index in [1.165, 1.54) is 0 Å². The Hall–Kier alpha value is -1.95. The summed E-state index contributed by atoms with van der Waals surface area (Å²) in [6, 6.07) is 7.88. The lowest BCUT2D eigenvalue weighted by atomic mass is 10.1. The predicted molar refractivity (Wildman–Crippen MR) is 72.6 cm³/mol. The Bertz CT molecular complexity index is 605. The number of nitrogens with zero attached hydrogens (tertiary/aromatic N) is 1. The van der Waals surface area contributed by atoms with Crippen LogP contribution in [-0.4, -0.2) is 23.3 Å². The summed E-state index contributed by atoms with van der Waals surface area (Å²) in [4.78, 5) is 27.3. The molecule has 0 bridgehead atoms. The van der Waals surface area contributed by atoms with Crippen LogP contribution in [0.3, 0.4) is 0 Å². The van der Waals surface area contributed by atoms with Crippen LogP contribution in [0, 0.1) is 5.92 Å². The number of thiazole rings is 1. The normalized spacial score (nSPS) is 18.5. The molecule has 1 atom stereocenters. The second-order valence-corrected chi connectivity index (χ2v) is 5.61. The fourth-order valence-electron chi connectivity index (χ4n) is 2.09. The minimum Gasteiger partial charge on any atom is -0.355 e. The Morgan fingerprint density at radius 3 is 3.05 bits per heavy atom. The average molecular weight is 275 g/mol. The largest absolute Gasteiger partial charge is 0.355 e. The van der Waals surface area contributed by atoms with Gasteiger partial charge >= 0.3 is 0 Å². The second-order valence-electron chi connectivity index (χ2n) is 4.50. The van der Waals surface area contributed by atoms with Gasteiger partial charge in [-0.25, -0.2) is 4.98 Å². The van der Waals surface area contributed by atoms with Gasteiger partial charge in [0, 0.05) is 13.0 Å². The van der Waals surface area contributed by atoms with Crippen molar-refractivity contribution in [3.63, 3.8) is 0 Å². The summed E-state index contributed by atoms with van der Waals surface area (Å²) in [5, 5.41) is 6.38. The molecular formula is C13H13N3O2S. The van der Waals surface area contributed by atoms with Crippen molar-refractivity contribution >= 4 is 33.4 Å². The van der Waals surface area contributed by atoms with Gasteiger partial charge in [-0.2, -0.15) is 0 Å². The summed E-state index contributed by atoms with van der Waals surface area (Å²) in [7, 11) is 0. The molecule has 5 nitrogen and oxygen atoms in total. The molecule has 1 saturated heterocycles. The van der Waals surface area contributed by atoms with E-state index in [-0.39, 0.29) is 24.2 Å². The van der Waals surface area contributed by atoms with E-state index < -0.39 is 0 Å². The fourth-order valence-corrected chi connectivity index (χ4v) is 3.00. The average Bonchev–Trinajstić information content (AvgIpc) is 3.01. The van der Waals surface area contributed by atoms with Crippen LogP contribution in [0.25, 0.3) is 10.2 Å². The Morgan fingerprint density at radius 2 is 2.32 bits per heavy atom. The molecule has 98 valence electrons. The van der Waals surface area contributed by atoms with Gasteiger partial charge < -0.3 is 10.6 Å². The number of hydrogen-bond acceptors (Lipinski definition) is 4. The third-order valence-electron chi connectivity index (χ3n) is 3.10. The van der Waals surface area contributed by atoms with Gasteiger partial charge in [0.1, 0.15) is 5.01 Å². The number of hydrogen-bond donors (Lipinski definition) is 2. The van der Waals surface area contributed by atoms with E-state index in [2.05, 4.69) is 15.6 Å². The van der Waals surface area contributed by atoms with Gasteiger partial charge in [-0.15, -0.1) is 11.3 Å². The topological polar surface area (TPSA) is 71.1 Å². The van der Waals surface area contributed by atoms with Crippen molar-refractivity contribution in [3.8, 4) is 0 Å². The lowest BCUT2D eigenvalue weighted by Crippen LogP contribution is -2.31. The summed E-state index contributed by atoms with van der Waals surface area (Å²) in [6.45, 7) is 0.855. The minimum absolute atomic E-state index is 0.0554. The molecule has 1 aromatic carbocycles. The van der Waals surface area contributed by atoms with E-state index in [1.807, 2.05) is 24.3 Å². The highest BCUT2D eigenvalue weighted by Gasteiger charge is 2.27. The SMILES string of the molecule is O=C1CC(C(=O)NCc2nc3ccccc3s2)CN1. The Balaban J connectivity index is 1.62. The van der Waals surface area contributed by atoms with Gasteiger partial charge in [0.15, 0.2) is 0 Å². The Labute approximate surface area is 114 Å². The zero-order valence-electron chi connectivity index (χ0n) is 10.2. The van der Waals surface area contributed by atoms with E-state index in [1.54, 1.807) is 11.3 Å². The number of fused-ring (bicyclic) bond motifs is 1. The van der Waals surface area contributed by atoms with E-state index in [0.717, 1.165) is 15.2 Å². The highest BCUT2D eigenvalue weighted by Crippen LogP contribution is 2.21. The molecule has 1 aromatic heterocycles. The maximum absolute atomic E-state index is 11.9. The van der Waals surface area contributed by atoms with E-state index >= 15 is 0 Å². The van der Waals surface area contributed by atoms with Gasteiger partial charge in [-0.3, -0.25) is 9.59 Å². The molecule has 0 aliphatic carbocycles. The minimum atomic E-state index is -0.248. The van der Waals surface area contributed by atoms with Crippen LogP contribution in [0.4, 0.5) is 0 Å². The molecule has 0 spiro atoms. The lowest BCUT2D eigenvalue weighted by Gasteiger charge is -2.07. The molecule has 1 aliphatic heterocycles. The molecule has 2 N–H and O–H groups in total. The maximum atomic E-state index is 11.9. The lowest BCUT2D eigenvalue weighted by molar-refractivity contribution is -0.126. The van der Waals surface area contributed by atoms with Gasteiger partial charge in [-0.05, 0) is 12.1 Å². The highest BCUT2D eigenvalue weighted by atomic mass is 32.1. The zero-order chi connectivity index (χ0) is 13.2. The molecule has 0 saturated carbocycles. The van der Waals surface area contributed by atoms with Crippen LogP contribution in [0.5, 0.6) is 0 Å². The van der Waals surface area contributed by atoms with Crippen LogP contribution in [0.1, 0.15) is 11.4 Å². The third kappa shape index (κ3) is 2.58. The second kappa shape index (κ2) is 4.97. The molecule has 19 heavy (non-hydrogen) atoms. The van der Waals surface area contributed by atoms with Gasteiger partial charge in [0.05, 0.1) is 22.7 Å². The molecule has 1 aliphatic rings. The van der Waals surface area contributed by atoms with Crippen molar-refractivity contribution in [3.05, 3.63) is 29.3 Å². The number of carbonyl (C=O) groups is 2. The maximum Gasteiger partial charge on any atom is 0.225 e. The standard InChI is InChI=1S/C13H13N3O2S/c17-11-5-8(6-14-11)13(18)15-7-12-16-9-3-1-2-4-10(9)19-12/h1-4,8H,5-7H2,(H,14,17)(H,15,18). The number of carbonyl (C=O) groups excluding carboxylic acids is 2. The molecule has 3 rings (SSSR count). The van der Waals surface area contributed by atoms with Crippen LogP contribution in [0.15, 0.2) is 24.3 Å². The Kier molecular flexibility index (Phi) is 3.16. The number of nitrogens with one attached hydrogen (secondary N) is 2. The van der Waals surface area contributed by atoms with Crippen molar-refractivity contribution < 1.29 is 9.59 Å². The number of rotatable bonds is 3. The fraction of sp³-hybridized carbons (Fsp3) is 0.308. The molecular weight excluding hydrogens is 262 g/mol. The quantitative estimate of drug-likeness (QED) is 0.879. The summed E-state index contributed by atoms with van der Waals surface area (Å²) in [5.41, 5.74) is 0.953. The third-order valence-corrected chi connectivity index (χ3v) is 4.14. The molecule has 6 heteroatoms. The van der Waals surface area contributed by atoms with Gasteiger partial charge in [0.2, 0.25) is 11.8 Å². The van der Waals surface area contributed by atoms with Crippen molar-refractivity contribution in [1.29, 1.82) is 0 Å². The summed E-state index contributed by atoms with van der Waals surface area (Å²) < 4.78 is 1.12. The molecule has 1 unspecified atom stereocenters. The first-order valence-corrected chi connectivity index (χ1v) is 6.93. The van der Waals surface area contributed by atoms with Crippen LogP contribution in [-0.2, 0) is 16.1 Å². The Morgan fingerprint density at radius 1 is 1.47 bits per heavy atom. The summed E-state index contributed by atoms with van der Waals surface area (Å²) in [5.74, 6) is -0.389. The smallest absolute Gasteiger partial charge is 0.225 e. The zero-order valence-corrected chi connectivity index (χ0v) is 11.0. The molecule has 0 radical (unpaired) electrons. The van der Waals surface area contributed by atoms with Crippen LogP contribution >= 0.6 is 11.3 Å². The van der Waals surface area contributed by atoms with Crippen molar-refractivity contribution in [1.82, 2.24) is 15.6 Å². The van der Waals surface area contributed by atoms with Gasteiger partial charge in [-0.1, -0.05) is 12.1 Å². The predicted octanol–water partition coefficient (Wildman–Crippen LogP) is 1.05. The van der Waals surface area contributed by atoms with E-state index in [9.17, 15) is 9.59 Å². The first-order valence-electron chi connectivity index (χ1n) is 6.11. The molecule has 2 amide bonds. The molecule has 1 fully saturated rings. The first kappa shape index (κ1) is 12.1. The highest BCUT2D eigenvalue weighted by molar-refractivity contribution is 7.18. The number of para-hydroxylation sites is 1.